The molecular weight excluding hydrogens is 154 g/mol. The van der Waals surface area contributed by atoms with Crippen LogP contribution in [0.5, 0.6) is 0 Å². The highest BCUT2D eigenvalue weighted by atomic mass is 16.1. The Morgan fingerprint density at radius 3 is 3.00 bits per heavy atom. The summed E-state index contributed by atoms with van der Waals surface area (Å²) < 4.78 is 1.85. The molecule has 0 bridgehead atoms. The fourth-order valence-corrected chi connectivity index (χ4v) is 1.39. The van der Waals surface area contributed by atoms with Crippen molar-refractivity contribution in [2.24, 2.45) is 0 Å². The van der Waals surface area contributed by atoms with Gasteiger partial charge in [-0.15, -0.1) is 0 Å². The van der Waals surface area contributed by atoms with Crippen molar-refractivity contribution < 1.29 is 4.79 Å². The van der Waals surface area contributed by atoms with Gasteiger partial charge in [-0.25, -0.2) is 4.68 Å². The van der Waals surface area contributed by atoms with Gasteiger partial charge in [0.15, 0.2) is 0 Å². The van der Waals surface area contributed by atoms with Crippen molar-refractivity contribution in [3.63, 3.8) is 0 Å². The SMILES string of the molecule is Cc1nn2c(c1C)NC(=O)CC2. The highest BCUT2D eigenvalue weighted by Gasteiger charge is 2.18. The molecule has 1 aliphatic rings. The predicted octanol–water partition coefficient (Wildman–Crippen LogP) is 0.842. The first-order valence-electron chi connectivity index (χ1n) is 4.02. The fourth-order valence-electron chi connectivity index (χ4n) is 1.39. The van der Waals surface area contributed by atoms with Gasteiger partial charge in [0.05, 0.1) is 12.2 Å². The van der Waals surface area contributed by atoms with E-state index in [1.807, 2.05) is 18.5 Å². The molecule has 0 unspecified atom stereocenters. The molecule has 2 heterocycles. The molecule has 0 aliphatic carbocycles. The van der Waals surface area contributed by atoms with Crippen LogP contribution in [0.1, 0.15) is 17.7 Å². The largest absolute Gasteiger partial charge is 0.311 e. The Kier molecular flexibility index (Phi) is 1.43. The zero-order valence-electron chi connectivity index (χ0n) is 7.22. The van der Waals surface area contributed by atoms with Crippen LogP contribution in [0.2, 0.25) is 0 Å². The molecule has 0 saturated heterocycles. The van der Waals surface area contributed by atoms with Crippen molar-refractivity contribution >= 4 is 11.7 Å². The van der Waals surface area contributed by atoms with Gasteiger partial charge in [-0.05, 0) is 13.8 Å². The standard InChI is InChI=1S/C8H11N3O/c1-5-6(2)10-11-4-3-7(12)9-8(5)11/h3-4H2,1-2H3,(H,9,12). The summed E-state index contributed by atoms with van der Waals surface area (Å²) in [7, 11) is 0. The molecule has 12 heavy (non-hydrogen) atoms. The first-order valence-corrected chi connectivity index (χ1v) is 4.02. The summed E-state index contributed by atoms with van der Waals surface area (Å²) in [5.74, 6) is 0.953. The maximum atomic E-state index is 11.0. The number of amides is 1. The molecule has 1 aromatic rings. The normalized spacial score (nSPS) is 15.7. The lowest BCUT2D eigenvalue weighted by molar-refractivity contribution is -0.116. The molecule has 0 fully saturated rings. The third kappa shape index (κ3) is 0.913. The summed E-state index contributed by atoms with van der Waals surface area (Å²) in [6, 6.07) is 0. The monoisotopic (exact) mass is 165 g/mol. The molecule has 0 atom stereocenters. The molecule has 64 valence electrons. The van der Waals surface area contributed by atoms with Crippen LogP contribution in [0, 0.1) is 13.8 Å². The van der Waals surface area contributed by atoms with E-state index in [1.165, 1.54) is 0 Å². The molecule has 0 radical (unpaired) electrons. The summed E-state index contributed by atoms with van der Waals surface area (Å²) >= 11 is 0. The van der Waals surface area contributed by atoms with Gasteiger partial charge in [0, 0.05) is 12.0 Å². The van der Waals surface area contributed by atoms with E-state index < -0.39 is 0 Å². The second kappa shape index (κ2) is 2.33. The first-order chi connectivity index (χ1) is 5.68. The number of rotatable bonds is 0. The van der Waals surface area contributed by atoms with Gasteiger partial charge in [-0.1, -0.05) is 0 Å². The third-order valence-electron chi connectivity index (χ3n) is 2.24. The minimum Gasteiger partial charge on any atom is -0.311 e. The number of nitrogens with zero attached hydrogens (tertiary/aromatic N) is 2. The van der Waals surface area contributed by atoms with Gasteiger partial charge < -0.3 is 5.32 Å². The molecule has 4 nitrogen and oxygen atoms in total. The zero-order valence-corrected chi connectivity index (χ0v) is 7.22. The number of nitrogens with one attached hydrogen (secondary N) is 1. The zero-order chi connectivity index (χ0) is 8.72. The van der Waals surface area contributed by atoms with Gasteiger partial charge in [0.1, 0.15) is 5.82 Å². The van der Waals surface area contributed by atoms with Crippen LogP contribution in [-0.4, -0.2) is 15.7 Å². The lowest BCUT2D eigenvalue weighted by Crippen LogP contribution is -2.23. The van der Waals surface area contributed by atoms with Crippen molar-refractivity contribution in [2.45, 2.75) is 26.8 Å². The highest BCUT2D eigenvalue weighted by Crippen LogP contribution is 2.21. The first kappa shape index (κ1) is 7.34. The van der Waals surface area contributed by atoms with Crippen LogP contribution in [0.4, 0.5) is 5.82 Å². The van der Waals surface area contributed by atoms with E-state index in [9.17, 15) is 4.79 Å². The number of aryl methyl sites for hydroxylation is 2. The average Bonchev–Trinajstić information content (AvgIpc) is 2.31. The summed E-state index contributed by atoms with van der Waals surface area (Å²) in [6.45, 7) is 4.63. The van der Waals surface area contributed by atoms with Crippen molar-refractivity contribution in [1.29, 1.82) is 0 Å². The third-order valence-corrected chi connectivity index (χ3v) is 2.24. The minimum atomic E-state index is 0.0884. The number of fused-ring (bicyclic) bond motifs is 1. The van der Waals surface area contributed by atoms with Gasteiger partial charge in [-0.2, -0.15) is 5.10 Å². The smallest absolute Gasteiger partial charge is 0.227 e. The van der Waals surface area contributed by atoms with E-state index >= 15 is 0 Å². The average molecular weight is 165 g/mol. The van der Waals surface area contributed by atoms with E-state index in [0.717, 1.165) is 17.1 Å². The maximum Gasteiger partial charge on any atom is 0.227 e. The van der Waals surface area contributed by atoms with Gasteiger partial charge in [0.2, 0.25) is 5.91 Å². The Balaban J connectivity index is 2.50. The second-order valence-corrected chi connectivity index (χ2v) is 3.08. The molecule has 0 aromatic carbocycles. The van der Waals surface area contributed by atoms with E-state index in [0.29, 0.717) is 13.0 Å². The van der Waals surface area contributed by atoms with Crippen LogP contribution in [-0.2, 0) is 11.3 Å². The van der Waals surface area contributed by atoms with E-state index in [2.05, 4.69) is 10.4 Å². The quantitative estimate of drug-likeness (QED) is 0.619. The van der Waals surface area contributed by atoms with Crippen molar-refractivity contribution in [3.05, 3.63) is 11.3 Å². The van der Waals surface area contributed by atoms with E-state index in [1.54, 1.807) is 0 Å². The van der Waals surface area contributed by atoms with Gasteiger partial charge >= 0.3 is 0 Å². The Morgan fingerprint density at radius 1 is 1.50 bits per heavy atom. The van der Waals surface area contributed by atoms with E-state index in [-0.39, 0.29) is 5.91 Å². The summed E-state index contributed by atoms with van der Waals surface area (Å²) in [5.41, 5.74) is 2.07. The van der Waals surface area contributed by atoms with Crippen molar-refractivity contribution in [1.82, 2.24) is 9.78 Å². The van der Waals surface area contributed by atoms with Crippen LogP contribution in [0.3, 0.4) is 0 Å². The number of aromatic nitrogens is 2. The Bertz CT molecular complexity index is 340. The summed E-state index contributed by atoms with van der Waals surface area (Å²) in [6.07, 6.45) is 0.535. The Hall–Kier alpha value is -1.32. The minimum absolute atomic E-state index is 0.0884. The fraction of sp³-hybridized carbons (Fsp3) is 0.500. The van der Waals surface area contributed by atoms with Crippen molar-refractivity contribution in [3.8, 4) is 0 Å². The molecule has 1 amide bonds. The van der Waals surface area contributed by atoms with Crippen molar-refractivity contribution in [2.75, 3.05) is 5.32 Å². The van der Waals surface area contributed by atoms with Gasteiger partial charge in [0.25, 0.3) is 0 Å². The molecule has 0 spiro atoms. The molecular formula is C8H11N3O. The topological polar surface area (TPSA) is 46.9 Å². The van der Waals surface area contributed by atoms with Gasteiger partial charge in [-0.3, -0.25) is 4.79 Å². The molecule has 1 N–H and O–H groups in total. The van der Waals surface area contributed by atoms with Crippen LogP contribution < -0.4 is 5.32 Å². The summed E-state index contributed by atoms with van der Waals surface area (Å²) in [5, 5.41) is 7.10. The van der Waals surface area contributed by atoms with Crippen LogP contribution >= 0.6 is 0 Å². The predicted molar refractivity (Wildman–Crippen MR) is 44.9 cm³/mol. The number of hydrogen-bond acceptors (Lipinski definition) is 2. The van der Waals surface area contributed by atoms with Crippen LogP contribution in [0.15, 0.2) is 0 Å². The Morgan fingerprint density at radius 2 is 2.25 bits per heavy atom. The second-order valence-electron chi connectivity index (χ2n) is 3.08. The van der Waals surface area contributed by atoms with E-state index in [4.69, 9.17) is 0 Å². The lowest BCUT2D eigenvalue weighted by Gasteiger charge is -2.14. The number of anilines is 1. The number of carbonyl (C=O) groups excluding carboxylic acids is 1. The molecule has 0 saturated carbocycles. The molecule has 1 aromatic heterocycles. The molecule has 1 aliphatic heterocycles. The maximum absolute atomic E-state index is 11.0. The molecule has 2 rings (SSSR count). The number of carbonyl (C=O) groups is 1. The summed E-state index contributed by atoms with van der Waals surface area (Å²) in [4.78, 5) is 11.0. The highest BCUT2D eigenvalue weighted by molar-refractivity contribution is 5.91. The lowest BCUT2D eigenvalue weighted by atomic mass is 10.2. The number of hydrogen-bond donors (Lipinski definition) is 1. The Labute approximate surface area is 70.6 Å². The van der Waals surface area contributed by atoms with Crippen LogP contribution in [0.25, 0.3) is 0 Å². The molecule has 4 heteroatoms.